The van der Waals surface area contributed by atoms with Crippen molar-refractivity contribution < 1.29 is 116 Å². The summed E-state index contributed by atoms with van der Waals surface area (Å²) in [7, 11) is 0. The van der Waals surface area contributed by atoms with E-state index in [1.165, 1.54) is 10.3 Å². The second-order valence-corrected chi connectivity index (χ2v) is 9.91. The number of ether oxygens (including phenoxy) is 8. The number of amides is 3. The molecule has 0 spiro atoms. The van der Waals surface area contributed by atoms with Crippen LogP contribution in [0, 0.1) is 0 Å². The number of nitrogens with one attached hydrogen (secondary N) is 3. The summed E-state index contributed by atoms with van der Waals surface area (Å²) < 4.78 is 154. The molecule has 0 aliphatic carbocycles. The van der Waals surface area contributed by atoms with Gasteiger partial charge in [-0.1, -0.05) is 19.7 Å². The van der Waals surface area contributed by atoms with Crippen molar-refractivity contribution in [3.8, 4) is 0 Å². The first kappa shape index (κ1) is 50.4. The minimum absolute atomic E-state index is 0.277. The zero-order chi connectivity index (χ0) is 43.2. The third kappa shape index (κ3) is 19.6. The number of alkyl carbamates (subject to hydrolysis) is 2. The van der Waals surface area contributed by atoms with Gasteiger partial charge < -0.3 is 44.4 Å². The Hall–Kier alpha value is -5.64. The summed E-state index contributed by atoms with van der Waals surface area (Å²) in [6.45, 7) is 2.27. The molecular weight excluding hydrogens is 805 g/mol. The molecule has 0 radical (unpaired) electrons. The summed E-state index contributed by atoms with van der Waals surface area (Å²) in [4.78, 5) is 84.6. The van der Waals surface area contributed by atoms with Gasteiger partial charge in [0.05, 0.1) is 19.7 Å². The van der Waals surface area contributed by atoms with Crippen molar-refractivity contribution in [2.75, 3.05) is 52.7 Å². The highest BCUT2D eigenvalue weighted by Gasteiger charge is 2.68. The Balaban J connectivity index is 6.46. The standard InChI is InChI=1S/C28H32F9N3O16/c1-4-17(41)48-11-7-8-20(44)51-14-24(15-52-22(46)38-9-12-49-18(42)5-2,16-53-23(47)39-10-13-50-19(43)6-3)40-21(45)25(29,30)54-28(35,36)55-26(31,32)27(33,34)56-37/h4-6H,1-3,7-16H2,(H,38,46)(H,39,47)(H,40,45). The lowest BCUT2D eigenvalue weighted by Gasteiger charge is -2.34. The zero-order valence-electron chi connectivity index (χ0n) is 28.4. The highest BCUT2D eigenvalue weighted by atomic mass is 19.4. The van der Waals surface area contributed by atoms with E-state index in [-0.39, 0.29) is 6.42 Å². The molecule has 0 atom stereocenters. The number of carbonyl (C=O) groups is 7. The van der Waals surface area contributed by atoms with Gasteiger partial charge in [0.1, 0.15) is 38.6 Å². The van der Waals surface area contributed by atoms with Gasteiger partial charge in [0, 0.05) is 24.6 Å². The van der Waals surface area contributed by atoms with E-state index in [4.69, 9.17) is 14.2 Å². The fourth-order valence-corrected chi connectivity index (χ4v) is 2.99. The maximum absolute atomic E-state index is 14.7. The fraction of sp³-hybridized carbons (Fsp3) is 0.536. The largest absolute Gasteiger partial charge is 0.495 e. The first-order valence-electron chi connectivity index (χ1n) is 14.8. The molecule has 0 aliphatic heterocycles. The van der Waals surface area contributed by atoms with Crippen LogP contribution in [0.25, 0.3) is 0 Å². The van der Waals surface area contributed by atoms with Gasteiger partial charge in [-0.05, 0) is 10.9 Å². The van der Waals surface area contributed by atoms with E-state index >= 15 is 0 Å². The van der Waals surface area contributed by atoms with E-state index < -0.39 is 131 Å². The van der Waals surface area contributed by atoms with Gasteiger partial charge in [-0.25, -0.2) is 33.4 Å². The van der Waals surface area contributed by atoms with Crippen molar-refractivity contribution in [1.29, 1.82) is 0 Å². The number of esters is 4. The number of carbonyl (C=O) groups excluding carboxylic acids is 7. The molecule has 0 aromatic carbocycles. The Bertz CT molecular complexity index is 1310. The van der Waals surface area contributed by atoms with Gasteiger partial charge in [-0.3, -0.25) is 9.59 Å². The maximum Gasteiger partial charge on any atom is 0.495 e. The van der Waals surface area contributed by atoms with Crippen LogP contribution in [-0.2, 0) is 66.8 Å². The van der Waals surface area contributed by atoms with Crippen LogP contribution >= 0.6 is 0 Å². The lowest BCUT2D eigenvalue weighted by molar-refractivity contribution is -0.562. The first-order valence-corrected chi connectivity index (χ1v) is 14.8. The molecule has 0 aromatic heterocycles. The van der Waals surface area contributed by atoms with E-state index in [9.17, 15) is 73.2 Å². The lowest BCUT2D eigenvalue weighted by atomic mass is 10.0. The van der Waals surface area contributed by atoms with Crippen LogP contribution in [0.2, 0.25) is 0 Å². The molecule has 0 bridgehead atoms. The number of halogens is 9. The quantitative estimate of drug-likeness (QED) is 0.0268. The number of hydrogen-bond acceptors (Lipinski definition) is 16. The van der Waals surface area contributed by atoms with Gasteiger partial charge in [-0.15, -0.1) is 13.7 Å². The van der Waals surface area contributed by atoms with Gasteiger partial charge in [0.25, 0.3) is 0 Å². The van der Waals surface area contributed by atoms with Gasteiger partial charge in [0.2, 0.25) is 0 Å². The van der Waals surface area contributed by atoms with Crippen LogP contribution in [0.4, 0.5) is 49.2 Å². The molecular formula is C28H32F9N3O16. The molecule has 19 nitrogen and oxygen atoms in total. The molecule has 0 aromatic rings. The van der Waals surface area contributed by atoms with Crippen LogP contribution in [0.15, 0.2) is 38.0 Å². The number of alkyl halides is 8. The third-order valence-electron chi connectivity index (χ3n) is 5.54. The van der Waals surface area contributed by atoms with E-state index in [2.05, 4.69) is 43.4 Å². The first-order chi connectivity index (χ1) is 25.9. The van der Waals surface area contributed by atoms with Gasteiger partial charge in [0.15, 0.2) is 0 Å². The number of rotatable bonds is 27. The predicted octanol–water partition coefficient (Wildman–Crippen LogP) is 2.07. The highest BCUT2D eigenvalue weighted by Crippen LogP contribution is 2.42. The zero-order valence-corrected chi connectivity index (χ0v) is 28.4. The fourth-order valence-electron chi connectivity index (χ4n) is 2.99. The molecule has 0 saturated carbocycles. The Morgan fingerprint density at radius 3 is 1.43 bits per heavy atom. The molecule has 56 heavy (non-hydrogen) atoms. The minimum Gasteiger partial charge on any atom is -0.463 e. The van der Waals surface area contributed by atoms with E-state index in [0.29, 0.717) is 0 Å². The lowest BCUT2D eigenvalue weighted by Crippen LogP contribution is -2.63. The van der Waals surface area contributed by atoms with Crippen LogP contribution in [0.3, 0.4) is 0 Å². The summed E-state index contributed by atoms with van der Waals surface area (Å²) in [5.41, 5.74) is -3.01. The van der Waals surface area contributed by atoms with Crippen molar-refractivity contribution in [2.45, 2.75) is 43.0 Å². The predicted molar refractivity (Wildman–Crippen MR) is 157 cm³/mol. The second kappa shape index (κ2) is 23.3. The SMILES string of the molecule is C=CC(=O)OCCCC(=O)OCC(COC(=O)NCCOC(=O)C=C)(COC(=O)NCCOC(=O)C=C)NC(=O)C(F)(F)OC(F)(F)OC(F)(F)C(F)(F)OF. The Morgan fingerprint density at radius 2 is 1.00 bits per heavy atom. The molecule has 0 aliphatic rings. The second-order valence-electron chi connectivity index (χ2n) is 9.91. The average molecular weight is 838 g/mol. The van der Waals surface area contributed by atoms with Crippen LogP contribution in [0.5, 0.6) is 0 Å². The molecule has 28 heteroatoms. The minimum atomic E-state index is -6.73. The summed E-state index contributed by atoms with van der Waals surface area (Å²) in [6.07, 6.45) is -27.7. The van der Waals surface area contributed by atoms with Crippen LogP contribution < -0.4 is 16.0 Å². The average Bonchev–Trinajstić information content (AvgIpc) is 3.12. The molecule has 0 unspecified atom stereocenters. The van der Waals surface area contributed by atoms with Crippen LogP contribution in [-0.4, -0.2) is 125 Å². The van der Waals surface area contributed by atoms with Crippen molar-refractivity contribution in [3.63, 3.8) is 0 Å². The number of hydrogen-bond donors (Lipinski definition) is 3. The molecule has 0 fully saturated rings. The Morgan fingerprint density at radius 1 is 0.571 bits per heavy atom. The van der Waals surface area contributed by atoms with Gasteiger partial charge >= 0.3 is 66.6 Å². The molecule has 3 amide bonds. The summed E-state index contributed by atoms with van der Waals surface area (Å²) >= 11 is 0. The van der Waals surface area contributed by atoms with E-state index in [0.717, 1.165) is 18.2 Å². The van der Waals surface area contributed by atoms with Crippen molar-refractivity contribution in [1.82, 2.24) is 16.0 Å². The van der Waals surface area contributed by atoms with Crippen molar-refractivity contribution in [2.24, 2.45) is 0 Å². The topological polar surface area (TPSA) is 239 Å². The molecule has 0 saturated heterocycles. The van der Waals surface area contributed by atoms with Crippen LogP contribution in [0.1, 0.15) is 12.8 Å². The third-order valence-corrected chi connectivity index (χ3v) is 5.54. The van der Waals surface area contributed by atoms with E-state index in [1.807, 2.05) is 10.6 Å². The molecule has 0 heterocycles. The molecule has 318 valence electrons. The molecule has 0 rings (SSSR count). The monoisotopic (exact) mass is 837 g/mol. The highest BCUT2D eigenvalue weighted by molar-refractivity contribution is 5.83. The Labute approximate surface area is 308 Å². The smallest absolute Gasteiger partial charge is 0.463 e. The van der Waals surface area contributed by atoms with Crippen molar-refractivity contribution >= 4 is 42.0 Å². The van der Waals surface area contributed by atoms with Gasteiger partial charge in [-0.2, -0.15) is 26.3 Å². The normalized spacial score (nSPS) is 11.9. The summed E-state index contributed by atoms with van der Waals surface area (Å²) in [6, 6.07) is 0. The maximum atomic E-state index is 14.7. The molecule has 3 N–H and O–H groups in total. The van der Waals surface area contributed by atoms with Crippen molar-refractivity contribution in [3.05, 3.63) is 38.0 Å². The van der Waals surface area contributed by atoms with E-state index in [1.54, 1.807) is 0 Å². The summed E-state index contributed by atoms with van der Waals surface area (Å²) in [5.74, 6) is -7.25. The Kier molecular flexibility index (Phi) is 21.0. The summed E-state index contributed by atoms with van der Waals surface area (Å²) in [5, 5.41) is 5.07.